The minimum Gasteiger partial charge on any atom is -0.352 e. The molecule has 1 aliphatic rings. The maximum atomic E-state index is 13.3. The highest BCUT2D eigenvalue weighted by Gasteiger charge is 2.29. The summed E-state index contributed by atoms with van der Waals surface area (Å²) in [4.78, 5) is 28.9. The third-order valence-electron chi connectivity index (χ3n) is 5.89. The van der Waals surface area contributed by atoms with E-state index in [1.54, 1.807) is 30.0 Å². The molecule has 1 saturated carbocycles. The first-order valence-corrected chi connectivity index (χ1v) is 12.8. The average Bonchev–Trinajstić information content (AvgIpc) is 2.78. The summed E-state index contributed by atoms with van der Waals surface area (Å²) in [6, 6.07) is 12.9. The molecular weight excluding hydrogens is 463 g/mol. The topological polar surface area (TPSA) is 49.4 Å². The number of hydrogen-bond acceptors (Lipinski definition) is 3. The summed E-state index contributed by atoms with van der Waals surface area (Å²) in [5.74, 6) is -0.0294. The number of carbonyl (C=O) groups is 2. The second-order valence-electron chi connectivity index (χ2n) is 8.34. The Morgan fingerprint density at radius 2 is 1.69 bits per heavy atom. The number of hydrogen-bond donors (Lipinski definition) is 1. The Kier molecular flexibility index (Phi) is 9.33. The van der Waals surface area contributed by atoms with Gasteiger partial charge in [0.05, 0.1) is 5.75 Å². The molecule has 2 aromatic carbocycles. The molecule has 0 aromatic heterocycles. The zero-order valence-corrected chi connectivity index (χ0v) is 20.9. The van der Waals surface area contributed by atoms with Crippen molar-refractivity contribution in [3.8, 4) is 0 Å². The molecule has 1 aliphatic carbocycles. The summed E-state index contributed by atoms with van der Waals surface area (Å²) in [6.45, 7) is 3.99. The van der Waals surface area contributed by atoms with Gasteiger partial charge in [-0.3, -0.25) is 9.59 Å². The molecule has 0 spiro atoms. The summed E-state index contributed by atoms with van der Waals surface area (Å²) in [7, 11) is 0. The number of thioether (sulfide) groups is 1. The normalized spacial score (nSPS) is 15.2. The molecule has 172 valence electrons. The maximum Gasteiger partial charge on any atom is 0.242 e. The van der Waals surface area contributed by atoms with Crippen molar-refractivity contribution >= 4 is 46.8 Å². The smallest absolute Gasteiger partial charge is 0.242 e. The van der Waals surface area contributed by atoms with Gasteiger partial charge in [-0.25, -0.2) is 0 Å². The number of halogens is 2. The molecule has 2 amide bonds. The first-order chi connectivity index (χ1) is 15.3. The number of benzene rings is 2. The Hall–Kier alpha value is -1.69. The van der Waals surface area contributed by atoms with Crippen molar-refractivity contribution in [3.63, 3.8) is 0 Å². The van der Waals surface area contributed by atoms with E-state index in [0.29, 0.717) is 15.6 Å². The first-order valence-electron chi connectivity index (χ1n) is 11.1. The monoisotopic (exact) mass is 492 g/mol. The molecule has 3 rings (SSSR count). The molecule has 0 saturated heterocycles. The highest BCUT2D eigenvalue weighted by Crippen LogP contribution is 2.28. The highest BCUT2D eigenvalue weighted by molar-refractivity contribution is 8.00. The average molecular weight is 494 g/mol. The minimum atomic E-state index is -0.629. The molecule has 4 nitrogen and oxygen atoms in total. The van der Waals surface area contributed by atoms with Crippen molar-refractivity contribution in [1.82, 2.24) is 10.2 Å². The van der Waals surface area contributed by atoms with Gasteiger partial charge >= 0.3 is 0 Å². The second-order valence-corrected chi connectivity index (χ2v) is 10.2. The molecule has 0 heterocycles. The molecule has 2 aromatic rings. The third-order valence-corrected chi connectivity index (χ3v) is 7.60. The van der Waals surface area contributed by atoms with Gasteiger partial charge in [0.25, 0.3) is 0 Å². The van der Waals surface area contributed by atoms with E-state index < -0.39 is 6.04 Å². The van der Waals surface area contributed by atoms with Crippen LogP contribution in [0.15, 0.2) is 47.4 Å². The fraction of sp³-hybridized carbons (Fsp3) is 0.440. The Bertz CT molecular complexity index is 910. The van der Waals surface area contributed by atoms with Crippen LogP contribution in [0.5, 0.6) is 0 Å². The molecule has 0 aliphatic heterocycles. The van der Waals surface area contributed by atoms with Crippen LogP contribution in [0.3, 0.4) is 0 Å². The molecule has 1 unspecified atom stereocenters. The van der Waals surface area contributed by atoms with Crippen LogP contribution in [0.1, 0.15) is 50.2 Å². The van der Waals surface area contributed by atoms with E-state index in [2.05, 4.69) is 5.32 Å². The number of carbonyl (C=O) groups excluding carboxylic acids is 2. The van der Waals surface area contributed by atoms with Gasteiger partial charge in [0.15, 0.2) is 0 Å². The Morgan fingerprint density at radius 1 is 1.06 bits per heavy atom. The number of amides is 2. The zero-order valence-electron chi connectivity index (χ0n) is 18.6. The van der Waals surface area contributed by atoms with E-state index in [-0.39, 0.29) is 30.2 Å². The summed E-state index contributed by atoms with van der Waals surface area (Å²) in [5, 5.41) is 4.12. The molecule has 7 heteroatoms. The van der Waals surface area contributed by atoms with E-state index >= 15 is 0 Å². The van der Waals surface area contributed by atoms with Crippen molar-refractivity contribution in [3.05, 3.63) is 63.6 Å². The summed E-state index contributed by atoms with van der Waals surface area (Å²) < 4.78 is 0. The number of rotatable bonds is 8. The van der Waals surface area contributed by atoms with Crippen LogP contribution in [0.2, 0.25) is 10.0 Å². The molecule has 1 fully saturated rings. The number of nitrogens with zero attached hydrogens (tertiary/aromatic N) is 1. The van der Waals surface area contributed by atoms with E-state index in [0.717, 1.165) is 30.6 Å². The molecule has 0 radical (unpaired) electrons. The predicted octanol–water partition coefficient (Wildman–Crippen LogP) is 6.26. The van der Waals surface area contributed by atoms with Crippen molar-refractivity contribution in [2.75, 3.05) is 5.75 Å². The standard InChI is InChI=1S/C25H30Cl2N2O2S/c1-17-11-13-20(14-12-17)32-16-24(30)29(15-21-22(26)9-6-10-23(21)27)18(2)25(31)28-19-7-4-3-5-8-19/h6,9-14,18-19H,3-5,7-8,15-16H2,1-2H3,(H,28,31). The lowest BCUT2D eigenvalue weighted by atomic mass is 9.95. The maximum absolute atomic E-state index is 13.3. The van der Waals surface area contributed by atoms with Gasteiger partial charge in [0.2, 0.25) is 11.8 Å². The van der Waals surface area contributed by atoms with Gasteiger partial charge in [0.1, 0.15) is 6.04 Å². The highest BCUT2D eigenvalue weighted by atomic mass is 35.5. The fourth-order valence-electron chi connectivity index (χ4n) is 3.87. The quantitative estimate of drug-likeness (QED) is 0.442. The van der Waals surface area contributed by atoms with Crippen LogP contribution in [-0.4, -0.2) is 34.6 Å². The first kappa shape index (κ1) is 24.9. The minimum absolute atomic E-state index is 0.127. The van der Waals surface area contributed by atoms with Crippen LogP contribution < -0.4 is 5.32 Å². The van der Waals surface area contributed by atoms with E-state index in [1.807, 2.05) is 31.2 Å². The number of nitrogens with one attached hydrogen (secondary N) is 1. The molecule has 1 atom stereocenters. The second kappa shape index (κ2) is 12.0. The Morgan fingerprint density at radius 3 is 2.31 bits per heavy atom. The molecular formula is C25H30Cl2N2O2S. The summed E-state index contributed by atoms with van der Waals surface area (Å²) in [6.07, 6.45) is 5.46. The summed E-state index contributed by atoms with van der Waals surface area (Å²) in [5.41, 5.74) is 1.82. The van der Waals surface area contributed by atoms with Crippen LogP contribution in [0.4, 0.5) is 0 Å². The van der Waals surface area contributed by atoms with Crippen molar-refractivity contribution < 1.29 is 9.59 Å². The van der Waals surface area contributed by atoms with E-state index in [9.17, 15) is 9.59 Å². The van der Waals surface area contributed by atoms with Crippen molar-refractivity contribution in [2.24, 2.45) is 0 Å². The van der Waals surface area contributed by atoms with Crippen LogP contribution >= 0.6 is 35.0 Å². The van der Waals surface area contributed by atoms with Gasteiger partial charge in [-0.1, -0.05) is 66.2 Å². The molecule has 1 N–H and O–H groups in total. The van der Waals surface area contributed by atoms with Gasteiger partial charge in [-0.05, 0) is 51.0 Å². The molecule has 0 bridgehead atoms. The van der Waals surface area contributed by atoms with Crippen LogP contribution in [-0.2, 0) is 16.1 Å². The van der Waals surface area contributed by atoms with Gasteiger partial charge < -0.3 is 10.2 Å². The molecule has 32 heavy (non-hydrogen) atoms. The van der Waals surface area contributed by atoms with Crippen LogP contribution in [0.25, 0.3) is 0 Å². The van der Waals surface area contributed by atoms with Gasteiger partial charge in [-0.2, -0.15) is 0 Å². The van der Waals surface area contributed by atoms with Crippen molar-refractivity contribution in [1.29, 1.82) is 0 Å². The van der Waals surface area contributed by atoms with Gasteiger partial charge in [-0.15, -0.1) is 11.8 Å². The lowest BCUT2D eigenvalue weighted by molar-refractivity contribution is -0.139. The number of aryl methyl sites for hydroxylation is 1. The van der Waals surface area contributed by atoms with Gasteiger partial charge in [0, 0.05) is 33.1 Å². The van der Waals surface area contributed by atoms with Crippen LogP contribution in [0, 0.1) is 6.92 Å². The van der Waals surface area contributed by atoms with E-state index in [1.165, 1.54) is 23.7 Å². The Balaban J connectivity index is 1.75. The van der Waals surface area contributed by atoms with Crippen molar-refractivity contribution in [2.45, 2.75) is 69.5 Å². The SMILES string of the molecule is Cc1ccc(SCC(=O)N(Cc2c(Cl)cccc2Cl)C(C)C(=O)NC2CCCCC2)cc1. The predicted molar refractivity (Wildman–Crippen MR) is 133 cm³/mol. The lowest BCUT2D eigenvalue weighted by Gasteiger charge is -2.31. The third kappa shape index (κ3) is 6.90. The fourth-order valence-corrected chi connectivity index (χ4v) is 5.17. The zero-order chi connectivity index (χ0) is 23.1. The largest absolute Gasteiger partial charge is 0.352 e. The van der Waals surface area contributed by atoms with E-state index in [4.69, 9.17) is 23.2 Å². The summed E-state index contributed by atoms with van der Waals surface area (Å²) >= 11 is 14.2. The lowest BCUT2D eigenvalue weighted by Crippen LogP contribution is -2.50. The Labute approximate surface area is 205 Å².